The van der Waals surface area contributed by atoms with Crippen LogP contribution in [0.1, 0.15) is 34.8 Å². The van der Waals surface area contributed by atoms with Gasteiger partial charge in [-0.3, -0.25) is 9.59 Å². The quantitative estimate of drug-likeness (QED) is 0.880. The first-order valence-electron chi connectivity index (χ1n) is 6.91. The number of nitrogens with one attached hydrogen (secondary N) is 2. The summed E-state index contributed by atoms with van der Waals surface area (Å²) in [5.41, 5.74) is 0.802. The van der Waals surface area contributed by atoms with Crippen molar-refractivity contribution >= 4 is 40.7 Å². The summed E-state index contributed by atoms with van der Waals surface area (Å²) in [7, 11) is 0. The maximum atomic E-state index is 12.2. The van der Waals surface area contributed by atoms with Crippen LogP contribution in [0.4, 0.5) is 5.69 Å². The zero-order valence-electron chi connectivity index (χ0n) is 12.6. The lowest BCUT2D eigenvalue weighted by molar-refractivity contribution is 0.0938. The summed E-state index contributed by atoms with van der Waals surface area (Å²) in [4.78, 5) is 28.2. The molecule has 2 rings (SSSR count). The summed E-state index contributed by atoms with van der Waals surface area (Å²) < 4.78 is 0. The van der Waals surface area contributed by atoms with Crippen molar-refractivity contribution in [3.05, 3.63) is 57.8 Å². The Morgan fingerprint density at radius 2 is 1.65 bits per heavy atom. The first kappa shape index (κ1) is 17.2. The molecule has 1 heterocycles. The highest BCUT2D eigenvalue weighted by Gasteiger charge is 2.13. The van der Waals surface area contributed by atoms with Crippen LogP contribution in [0.15, 0.2) is 36.4 Å². The van der Waals surface area contributed by atoms with E-state index in [0.717, 1.165) is 0 Å². The molecule has 2 N–H and O–H groups in total. The molecule has 0 atom stereocenters. The summed E-state index contributed by atoms with van der Waals surface area (Å²) in [6.45, 7) is 3.69. The lowest BCUT2D eigenvalue weighted by Gasteiger charge is -2.09. The Hall–Kier alpha value is -2.11. The number of halogens is 2. The Bertz CT molecular complexity index is 748. The third kappa shape index (κ3) is 4.68. The van der Waals surface area contributed by atoms with Crippen molar-refractivity contribution < 1.29 is 9.59 Å². The van der Waals surface area contributed by atoms with Gasteiger partial charge in [0.15, 0.2) is 0 Å². The minimum Gasteiger partial charge on any atom is -0.349 e. The van der Waals surface area contributed by atoms with Crippen LogP contribution in [0.5, 0.6) is 0 Å². The van der Waals surface area contributed by atoms with E-state index in [9.17, 15) is 9.59 Å². The summed E-state index contributed by atoms with van der Waals surface area (Å²) in [6, 6.07) is 9.41. The molecule has 5 nitrogen and oxygen atoms in total. The lowest BCUT2D eigenvalue weighted by Crippen LogP contribution is -2.31. The highest BCUT2D eigenvalue weighted by atomic mass is 35.5. The van der Waals surface area contributed by atoms with Gasteiger partial charge in [0, 0.05) is 11.7 Å². The molecule has 0 saturated heterocycles. The molecule has 2 amide bonds. The minimum absolute atomic E-state index is 0.0157. The van der Waals surface area contributed by atoms with Gasteiger partial charge in [-0.05, 0) is 44.2 Å². The van der Waals surface area contributed by atoms with Crippen molar-refractivity contribution in [2.75, 3.05) is 5.32 Å². The Balaban J connectivity index is 2.16. The van der Waals surface area contributed by atoms with Crippen LogP contribution >= 0.6 is 23.2 Å². The van der Waals surface area contributed by atoms with Crippen LogP contribution in [-0.2, 0) is 0 Å². The zero-order chi connectivity index (χ0) is 17.0. The van der Waals surface area contributed by atoms with Gasteiger partial charge in [-0.25, -0.2) is 4.98 Å². The van der Waals surface area contributed by atoms with E-state index in [1.165, 1.54) is 12.1 Å². The number of anilines is 1. The maximum absolute atomic E-state index is 12.2. The largest absolute Gasteiger partial charge is 0.349 e. The predicted octanol–water partition coefficient (Wildman–Crippen LogP) is 3.78. The normalized spacial score (nSPS) is 10.5. The summed E-state index contributed by atoms with van der Waals surface area (Å²) >= 11 is 11.7. The van der Waals surface area contributed by atoms with Crippen LogP contribution in [0.3, 0.4) is 0 Å². The molecular formula is C16H15Cl2N3O2. The van der Waals surface area contributed by atoms with Gasteiger partial charge in [0.2, 0.25) is 0 Å². The van der Waals surface area contributed by atoms with Crippen molar-refractivity contribution in [3.63, 3.8) is 0 Å². The first-order valence-corrected chi connectivity index (χ1v) is 7.66. The average molecular weight is 352 g/mol. The Labute approximate surface area is 144 Å². The number of hydrogen-bond donors (Lipinski definition) is 2. The van der Waals surface area contributed by atoms with E-state index >= 15 is 0 Å². The SMILES string of the molecule is CC(C)NC(=O)c1cccc(C(=O)Nc2ccc(Cl)c(Cl)c2)n1. The molecule has 0 fully saturated rings. The van der Waals surface area contributed by atoms with Crippen molar-refractivity contribution in [2.45, 2.75) is 19.9 Å². The molecule has 0 aliphatic rings. The third-order valence-electron chi connectivity index (χ3n) is 2.81. The Morgan fingerprint density at radius 3 is 2.26 bits per heavy atom. The van der Waals surface area contributed by atoms with Gasteiger partial charge >= 0.3 is 0 Å². The van der Waals surface area contributed by atoms with Crippen LogP contribution in [-0.4, -0.2) is 22.8 Å². The minimum atomic E-state index is -0.442. The average Bonchev–Trinajstić information content (AvgIpc) is 2.50. The topological polar surface area (TPSA) is 71.1 Å². The monoisotopic (exact) mass is 351 g/mol. The fourth-order valence-corrected chi connectivity index (χ4v) is 2.09. The molecule has 0 bridgehead atoms. The van der Waals surface area contributed by atoms with Crippen LogP contribution in [0.25, 0.3) is 0 Å². The molecule has 0 unspecified atom stereocenters. The van der Waals surface area contributed by atoms with Gasteiger partial charge in [0.1, 0.15) is 11.4 Å². The number of aromatic nitrogens is 1. The van der Waals surface area contributed by atoms with Gasteiger partial charge in [-0.2, -0.15) is 0 Å². The van der Waals surface area contributed by atoms with Gasteiger partial charge in [0.05, 0.1) is 10.0 Å². The van der Waals surface area contributed by atoms with E-state index in [1.54, 1.807) is 24.3 Å². The van der Waals surface area contributed by atoms with Gasteiger partial charge in [-0.1, -0.05) is 29.3 Å². The molecule has 0 aliphatic heterocycles. The lowest BCUT2D eigenvalue weighted by atomic mass is 10.2. The number of carbonyl (C=O) groups is 2. The number of nitrogens with zero attached hydrogens (tertiary/aromatic N) is 1. The van der Waals surface area contributed by atoms with E-state index in [1.807, 2.05) is 13.8 Å². The summed E-state index contributed by atoms with van der Waals surface area (Å²) in [5, 5.41) is 6.11. The molecule has 7 heteroatoms. The number of rotatable bonds is 4. The standard InChI is InChI=1S/C16H15Cl2N3O2/c1-9(2)19-15(22)13-4-3-5-14(21-13)16(23)20-10-6-7-11(17)12(18)8-10/h3-9H,1-2H3,(H,19,22)(H,20,23). The molecule has 1 aromatic heterocycles. The molecule has 0 radical (unpaired) electrons. The van der Waals surface area contributed by atoms with Crippen LogP contribution in [0.2, 0.25) is 10.0 Å². The van der Waals surface area contributed by atoms with Crippen molar-refractivity contribution in [1.29, 1.82) is 0 Å². The van der Waals surface area contributed by atoms with E-state index in [-0.39, 0.29) is 23.3 Å². The highest BCUT2D eigenvalue weighted by Crippen LogP contribution is 2.25. The number of amides is 2. The molecular weight excluding hydrogens is 337 g/mol. The Kier molecular flexibility index (Phi) is 5.58. The second-order valence-electron chi connectivity index (χ2n) is 5.12. The number of carbonyl (C=O) groups excluding carboxylic acids is 2. The molecule has 2 aromatic rings. The summed E-state index contributed by atoms with van der Waals surface area (Å²) in [5.74, 6) is -0.772. The fraction of sp³-hybridized carbons (Fsp3) is 0.188. The second kappa shape index (κ2) is 7.44. The molecule has 1 aromatic carbocycles. The van der Waals surface area contributed by atoms with Crippen molar-refractivity contribution in [2.24, 2.45) is 0 Å². The predicted molar refractivity (Wildman–Crippen MR) is 91.3 cm³/mol. The van der Waals surface area contributed by atoms with Crippen LogP contribution in [0, 0.1) is 0 Å². The number of benzene rings is 1. The molecule has 23 heavy (non-hydrogen) atoms. The third-order valence-corrected chi connectivity index (χ3v) is 3.55. The zero-order valence-corrected chi connectivity index (χ0v) is 14.1. The fourth-order valence-electron chi connectivity index (χ4n) is 1.79. The molecule has 0 aliphatic carbocycles. The van der Waals surface area contributed by atoms with E-state index in [2.05, 4.69) is 15.6 Å². The molecule has 0 saturated carbocycles. The smallest absolute Gasteiger partial charge is 0.274 e. The highest BCUT2D eigenvalue weighted by molar-refractivity contribution is 6.42. The number of hydrogen-bond acceptors (Lipinski definition) is 3. The molecule has 120 valence electrons. The molecule has 0 spiro atoms. The van der Waals surface area contributed by atoms with Crippen molar-refractivity contribution in [1.82, 2.24) is 10.3 Å². The van der Waals surface area contributed by atoms with E-state index in [0.29, 0.717) is 15.7 Å². The van der Waals surface area contributed by atoms with Crippen LogP contribution < -0.4 is 10.6 Å². The van der Waals surface area contributed by atoms with Gasteiger partial charge < -0.3 is 10.6 Å². The van der Waals surface area contributed by atoms with E-state index < -0.39 is 5.91 Å². The van der Waals surface area contributed by atoms with E-state index in [4.69, 9.17) is 23.2 Å². The second-order valence-corrected chi connectivity index (χ2v) is 5.93. The Morgan fingerprint density at radius 1 is 1.00 bits per heavy atom. The van der Waals surface area contributed by atoms with Gasteiger partial charge in [-0.15, -0.1) is 0 Å². The maximum Gasteiger partial charge on any atom is 0.274 e. The number of pyridine rings is 1. The summed E-state index contributed by atoms with van der Waals surface area (Å²) in [6.07, 6.45) is 0. The van der Waals surface area contributed by atoms with Gasteiger partial charge in [0.25, 0.3) is 11.8 Å². The first-order chi connectivity index (χ1) is 10.9. The van der Waals surface area contributed by atoms with Crippen molar-refractivity contribution in [3.8, 4) is 0 Å².